The number of benzene rings is 1. The highest BCUT2D eigenvalue weighted by Crippen LogP contribution is 2.27. The summed E-state index contributed by atoms with van der Waals surface area (Å²) in [5.41, 5.74) is 8.96. The van der Waals surface area contributed by atoms with E-state index < -0.39 is 0 Å². The Hall–Kier alpha value is -1.52. The Morgan fingerprint density at radius 2 is 2.15 bits per heavy atom. The van der Waals surface area contributed by atoms with E-state index in [1.54, 1.807) is 0 Å². The van der Waals surface area contributed by atoms with Gasteiger partial charge in [0.05, 0.1) is 11.4 Å². The van der Waals surface area contributed by atoms with Gasteiger partial charge in [-0.3, -0.25) is 4.68 Å². The van der Waals surface area contributed by atoms with Gasteiger partial charge in [-0.15, -0.1) is 0 Å². The lowest BCUT2D eigenvalue weighted by Crippen LogP contribution is -2.09. The zero-order chi connectivity index (χ0) is 14.7. The standard InChI is InChI=1S/C15H20ClN3O/c1-4-12-8-13(19(3)18-12)9-20-15-6-5-11(16)7-14(15)10(2)17/h5-8,10H,4,9,17H2,1-3H3. The molecule has 2 aromatic rings. The molecule has 1 aromatic heterocycles. The number of nitrogens with two attached hydrogens (primary N) is 1. The molecule has 0 bridgehead atoms. The molecule has 1 heterocycles. The summed E-state index contributed by atoms with van der Waals surface area (Å²) in [6, 6.07) is 7.45. The molecule has 2 N–H and O–H groups in total. The highest BCUT2D eigenvalue weighted by molar-refractivity contribution is 6.30. The van der Waals surface area contributed by atoms with Crippen LogP contribution in [0.25, 0.3) is 0 Å². The fourth-order valence-electron chi connectivity index (χ4n) is 2.04. The van der Waals surface area contributed by atoms with Crippen LogP contribution in [-0.4, -0.2) is 9.78 Å². The van der Waals surface area contributed by atoms with E-state index in [0.717, 1.165) is 29.1 Å². The van der Waals surface area contributed by atoms with Crippen molar-refractivity contribution in [1.29, 1.82) is 0 Å². The molecule has 0 aliphatic carbocycles. The maximum absolute atomic E-state index is 6.00. The molecular weight excluding hydrogens is 274 g/mol. The van der Waals surface area contributed by atoms with Gasteiger partial charge in [-0.25, -0.2) is 0 Å². The molecule has 0 saturated carbocycles. The molecule has 0 aliphatic heterocycles. The highest BCUT2D eigenvalue weighted by atomic mass is 35.5. The van der Waals surface area contributed by atoms with Crippen molar-refractivity contribution < 1.29 is 4.74 Å². The molecule has 0 radical (unpaired) electrons. The molecule has 5 heteroatoms. The van der Waals surface area contributed by atoms with E-state index in [-0.39, 0.29) is 6.04 Å². The van der Waals surface area contributed by atoms with Crippen molar-refractivity contribution in [2.24, 2.45) is 12.8 Å². The van der Waals surface area contributed by atoms with Gasteiger partial charge in [0.2, 0.25) is 0 Å². The third-order valence-electron chi connectivity index (χ3n) is 3.23. The minimum atomic E-state index is -0.124. The van der Waals surface area contributed by atoms with E-state index >= 15 is 0 Å². The zero-order valence-electron chi connectivity index (χ0n) is 12.1. The molecule has 1 unspecified atom stereocenters. The first-order valence-electron chi connectivity index (χ1n) is 6.71. The Morgan fingerprint density at radius 3 is 2.75 bits per heavy atom. The average molecular weight is 294 g/mol. The van der Waals surface area contributed by atoms with Crippen LogP contribution in [0.1, 0.15) is 36.8 Å². The van der Waals surface area contributed by atoms with E-state index in [0.29, 0.717) is 11.6 Å². The Labute approximate surface area is 124 Å². The third kappa shape index (κ3) is 3.32. The van der Waals surface area contributed by atoms with Crippen molar-refractivity contribution in [3.63, 3.8) is 0 Å². The smallest absolute Gasteiger partial charge is 0.130 e. The number of aromatic nitrogens is 2. The van der Waals surface area contributed by atoms with Crippen molar-refractivity contribution in [2.75, 3.05) is 0 Å². The number of halogens is 1. The van der Waals surface area contributed by atoms with Crippen LogP contribution < -0.4 is 10.5 Å². The molecule has 0 amide bonds. The predicted octanol–water partition coefficient (Wildman–Crippen LogP) is 3.23. The monoisotopic (exact) mass is 293 g/mol. The van der Waals surface area contributed by atoms with Crippen molar-refractivity contribution in [3.05, 3.63) is 46.2 Å². The van der Waals surface area contributed by atoms with Crippen LogP contribution in [0.3, 0.4) is 0 Å². The average Bonchev–Trinajstić information content (AvgIpc) is 2.78. The van der Waals surface area contributed by atoms with Crippen LogP contribution in [0.2, 0.25) is 5.02 Å². The maximum Gasteiger partial charge on any atom is 0.130 e. The van der Waals surface area contributed by atoms with E-state index in [1.165, 1.54) is 0 Å². The van der Waals surface area contributed by atoms with E-state index in [4.69, 9.17) is 22.1 Å². The first-order valence-corrected chi connectivity index (χ1v) is 7.08. The SMILES string of the molecule is CCc1cc(COc2ccc(Cl)cc2C(C)N)n(C)n1. The first-order chi connectivity index (χ1) is 9.51. The molecular formula is C15H20ClN3O. The maximum atomic E-state index is 6.00. The second-order valence-corrected chi connectivity index (χ2v) is 5.30. The Balaban J connectivity index is 2.16. The van der Waals surface area contributed by atoms with Crippen LogP contribution in [-0.2, 0) is 20.1 Å². The lowest BCUT2D eigenvalue weighted by atomic mass is 10.1. The Bertz CT molecular complexity index is 593. The van der Waals surface area contributed by atoms with Crippen LogP contribution in [0.15, 0.2) is 24.3 Å². The van der Waals surface area contributed by atoms with Gasteiger partial charge in [0.15, 0.2) is 0 Å². The van der Waals surface area contributed by atoms with Gasteiger partial charge in [0.1, 0.15) is 12.4 Å². The van der Waals surface area contributed by atoms with E-state index in [1.807, 2.05) is 36.9 Å². The molecule has 20 heavy (non-hydrogen) atoms. The number of rotatable bonds is 5. The third-order valence-corrected chi connectivity index (χ3v) is 3.46. The molecule has 1 atom stereocenters. The number of nitrogens with zero attached hydrogens (tertiary/aromatic N) is 2. The summed E-state index contributed by atoms with van der Waals surface area (Å²) in [4.78, 5) is 0. The second kappa shape index (κ2) is 6.29. The fraction of sp³-hybridized carbons (Fsp3) is 0.400. The lowest BCUT2D eigenvalue weighted by molar-refractivity contribution is 0.290. The fourth-order valence-corrected chi connectivity index (χ4v) is 2.22. The number of aryl methyl sites for hydroxylation is 2. The van der Waals surface area contributed by atoms with Crippen LogP contribution in [0.5, 0.6) is 5.75 Å². The van der Waals surface area contributed by atoms with Gasteiger partial charge >= 0.3 is 0 Å². The predicted molar refractivity (Wildman–Crippen MR) is 81.0 cm³/mol. The number of hydrogen-bond acceptors (Lipinski definition) is 3. The van der Waals surface area contributed by atoms with Gasteiger partial charge in [-0.1, -0.05) is 18.5 Å². The van der Waals surface area contributed by atoms with Gasteiger partial charge < -0.3 is 10.5 Å². The molecule has 4 nitrogen and oxygen atoms in total. The quantitative estimate of drug-likeness (QED) is 0.921. The summed E-state index contributed by atoms with van der Waals surface area (Å²) in [6.45, 7) is 4.46. The molecule has 0 aliphatic rings. The molecule has 0 spiro atoms. The van der Waals surface area contributed by atoms with Crippen molar-refractivity contribution in [1.82, 2.24) is 9.78 Å². The number of ether oxygens (including phenoxy) is 1. The summed E-state index contributed by atoms with van der Waals surface area (Å²) < 4.78 is 7.73. The van der Waals surface area contributed by atoms with Gasteiger partial charge in [0.25, 0.3) is 0 Å². The van der Waals surface area contributed by atoms with E-state index in [9.17, 15) is 0 Å². The van der Waals surface area contributed by atoms with Crippen LogP contribution in [0, 0.1) is 0 Å². The largest absolute Gasteiger partial charge is 0.487 e. The summed E-state index contributed by atoms with van der Waals surface area (Å²) in [6.07, 6.45) is 0.917. The van der Waals surface area contributed by atoms with Gasteiger partial charge in [-0.2, -0.15) is 5.10 Å². The molecule has 1 aromatic carbocycles. The van der Waals surface area contributed by atoms with Crippen LogP contribution in [0.4, 0.5) is 0 Å². The minimum Gasteiger partial charge on any atom is -0.487 e. The molecule has 108 valence electrons. The van der Waals surface area contributed by atoms with E-state index in [2.05, 4.69) is 18.1 Å². The minimum absolute atomic E-state index is 0.124. The second-order valence-electron chi connectivity index (χ2n) is 4.86. The summed E-state index contributed by atoms with van der Waals surface area (Å²) >= 11 is 6.00. The van der Waals surface area contributed by atoms with Gasteiger partial charge in [-0.05, 0) is 37.6 Å². The normalized spacial score (nSPS) is 12.4. The molecule has 0 fully saturated rings. The summed E-state index contributed by atoms with van der Waals surface area (Å²) in [7, 11) is 1.92. The lowest BCUT2D eigenvalue weighted by Gasteiger charge is -2.14. The van der Waals surface area contributed by atoms with Gasteiger partial charge in [0, 0.05) is 23.7 Å². The van der Waals surface area contributed by atoms with Crippen molar-refractivity contribution in [3.8, 4) is 5.75 Å². The van der Waals surface area contributed by atoms with Crippen molar-refractivity contribution >= 4 is 11.6 Å². The topological polar surface area (TPSA) is 53.1 Å². The Morgan fingerprint density at radius 1 is 1.40 bits per heavy atom. The summed E-state index contributed by atoms with van der Waals surface area (Å²) in [5.74, 6) is 0.767. The Kier molecular flexibility index (Phi) is 4.68. The van der Waals surface area contributed by atoms with Crippen molar-refractivity contribution in [2.45, 2.75) is 32.9 Å². The first kappa shape index (κ1) is 14.9. The number of hydrogen-bond donors (Lipinski definition) is 1. The zero-order valence-corrected chi connectivity index (χ0v) is 12.8. The molecule has 0 saturated heterocycles. The highest BCUT2D eigenvalue weighted by Gasteiger charge is 2.11. The summed E-state index contributed by atoms with van der Waals surface area (Å²) in [5, 5.41) is 5.07. The van der Waals surface area contributed by atoms with Crippen LogP contribution >= 0.6 is 11.6 Å². The molecule has 2 rings (SSSR count).